The van der Waals surface area contributed by atoms with E-state index in [-0.39, 0.29) is 9.77 Å². The first-order valence-corrected chi connectivity index (χ1v) is 10.1. The maximum absolute atomic E-state index is 12.8. The molecule has 0 fully saturated rings. The van der Waals surface area contributed by atoms with Crippen molar-refractivity contribution in [1.82, 2.24) is 24.8 Å². The van der Waals surface area contributed by atoms with Gasteiger partial charge in [0.05, 0.1) is 11.6 Å². The fourth-order valence-corrected chi connectivity index (χ4v) is 5.99. The van der Waals surface area contributed by atoms with Crippen molar-refractivity contribution >= 4 is 27.3 Å². The summed E-state index contributed by atoms with van der Waals surface area (Å²) < 4.78 is 29.6. The molecule has 11 heteroatoms. The van der Waals surface area contributed by atoms with Crippen molar-refractivity contribution in [3.05, 3.63) is 28.2 Å². The molecule has 1 atom stereocenters. The molecule has 0 saturated carbocycles. The van der Waals surface area contributed by atoms with E-state index in [1.807, 2.05) is 6.92 Å². The van der Waals surface area contributed by atoms with Crippen LogP contribution in [0.2, 0.25) is 0 Å². The summed E-state index contributed by atoms with van der Waals surface area (Å²) in [6.45, 7) is 5.20. The summed E-state index contributed by atoms with van der Waals surface area (Å²) in [5.41, 5.74) is 0.499. The number of carboxylic acid groups (broad SMARTS) is 1. The van der Waals surface area contributed by atoms with E-state index in [1.165, 1.54) is 6.33 Å². The molecule has 136 valence electrons. The van der Waals surface area contributed by atoms with E-state index < -0.39 is 22.0 Å². The number of nitrogens with one attached hydrogen (secondary N) is 2. The highest BCUT2D eigenvalue weighted by Gasteiger charge is 2.33. The summed E-state index contributed by atoms with van der Waals surface area (Å²) in [5, 5.41) is 16.7. The molecule has 9 nitrogen and oxygen atoms in total. The van der Waals surface area contributed by atoms with E-state index in [2.05, 4.69) is 20.1 Å². The Labute approximate surface area is 149 Å². The third kappa shape index (κ3) is 3.32. The highest BCUT2D eigenvalue weighted by atomic mass is 32.2. The van der Waals surface area contributed by atoms with Crippen molar-refractivity contribution in [2.75, 3.05) is 6.54 Å². The average molecular weight is 385 g/mol. The Hall–Kier alpha value is -1.82. The monoisotopic (exact) mass is 385 g/mol. The highest BCUT2D eigenvalue weighted by Crippen LogP contribution is 2.35. The minimum absolute atomic E-state index is 0.113. The summed E-state index contributed by atoms with van der Waals surface area (Å²) in [5.74, 6) is -0.741. The van der Waals surface area contributed by atoms with E-state index in [0.717, 1.165) is 16.2 Å². The van der Waals surface area contributed by atoms with Crippen LogP contribution in [0.25, 0.3) is 0 Å². The van der Waals surface area contributed by atoms with Crippen molar-refractivity contribution in [3.8, 4) is 0 Å². The Balaban J connectivity index is 1.98. The second-order valence-electron chi connectivity index (χ2n) is 5.68. The van der Waals surface area contributed by atoms with Gasteiger partial charge < -0.3 is 10.4 Å². The van der Waals surface area contributed by atoms with Crippen molar-refractivity contribution in [2.45, 2.75) is 43.6 Å². The van der Waals surface area contributed by atoms with E-state index in [9.17, 15) is 18.3 Å². The topological polar surface area (TPSA) is 126 Å². The van der Waals surface area contributed by atoms with Gasteiger partial charge in [-0.15, -0.1) is 11.3 Å². The third-order valence-corrected chi connectivity index (χ3v) is 7.31. The smallest absolute Gasteiger partial charge is 0.338 e. The van der Waals surface area contributed by atoms with Crippen LogP contribution < -0.4 is 10.0 Å². The number of aromatic carboxylic acids is 1. The molecule has 2 aromatic heterocycles. The van der Waals surface area contributed by atoms with Gasteiger partial charge in [0, 0.05) is 18.0 Å². The van der Waals surface area contributed by atoms with Gasteiger partial charge in [0.1, 0.15) is 16.4 Å². The van der Waals surface area contributed by atoms with Crippen LogP contribution in [0, 0.1) is 0 Å². The number of hydrogen-bond acceptors (Lipinski definition) is 7. The van der Waals surface area contributed by atoms with Crippen LogP contribution >= 0.6 is 11.3 Å². The molecule has 0 aromatic carbocycles. The van der Waals surface area contributed by atoms with Crippen LogP contribution in [-0.4, -0.2) is 40.8 Å². The molecule has 0 radical (unpaired) electrons. The number of sulfonamides is 1. The maximum Gasteiger partial charge on any atom is 0.338 e. The number of carboxylic acids is 1. The van der Waals surface area contributed by atoms with Crippen LogP contribution in [0.15, 0.2) is 10.5 Å². The van der Waals surface area contributed by atoms with Crippen LogP contribution in [0.1, 0.15) is 46.5 Å². The quantitative estimate of drug-likeness (QED) is 0.669. The lowest BCUT2D eigenvalue weighted by Crippen LogP contribution is -2.29. The van der Waals surface area contributed by atoms with E-state index >= 15 is 0 Å². The molecule has 0 amide bonds. The Morgan fingerprint density at radius 1 is 1.56 bits per heavy atom. The minimum Gasteiger partial charge on any atom is -0.478 e. The molecule has 3 N–H and O–H groups in total. The second kappa shape index (κ2) is 6.83. The number of aromatic nitrogens is 3. The molecule has 0 spiro atoms. The normalized spacial score (nSPS) is 15.8. The van der Waals surface area contributed by atoms with Gasteiger partial charge in [-0.05, 0) is 32.4 Å². The van der Waals surface area contributed by atoms with Crippen LogP contribution in [0.3, 0.4) is 0 Å². The summed E-state index contributed by atoms with van der Waals surface area (Å²) in [7, 11) is -4.00. The standard InChI is InChI=1S/C14H19N5O4S2/c1-3-19-12(16-7-17-19)8(2)18-25(22,23)14-11(13(20)21)9-4-5-15-6-10(9)24-14/h7-8,15,18H,3-6H2,1-2H3,(H,20,21)/t8-/m1/s1. The molecule has 3 rings (SSSR count). The first-order valence-electron chi connectivity index (χ1n) is 7.83. The lowest BCUT2D eigenvalue weighted by Gasteiger charge is -2.14. The average Bonchev–Trinajstić information content (AvgIpc) is 3.18. The van der Waals surface area contributed by atoms with Crippen molar-refractivity contribution in [3.63, 3.8) is 0 Å². The molecule has 2 aromatic rings. The SMILES string of the molecule is CCn1ncnc1[C@@H](C)NS(=O)(=O)c1sc2c(c1C(=O)O)CCNC2. The lowest BCUT2D eigenvalue weighted by atomic mass is 10.1. The van der Waals surface area contributed by atoms with Gasteiger partial charge >= 0.3 is 5.97 Å². The Morgan fingerprint density at radius 3 is 3.00 bits per heavy atom. The number of aryl methyl sites for hydroxylation is 1. The van der Waals surface area contributed by atoms with Gasteiger partial charge in [0.25, 0.3) is 10.0 Å². The third-order valence-electron chi connectivity index (χ3n) is 4.02. The number of hydrogen-bond donors (Lipinski definition) is 3. The molecular formula is C14H19N5O4S2. The van der Waals surface area contributed by atoms with Crippen molar-refractivity contribution in [2.24, 2.45) is 0 Å². The molecule has 1 aliphatic heterocycles. The Morgan fingerprint density at radius 2 is 2.32 bits per heavy atom. The highest BCUT2D eigenvalue weighted by molar-refractivity contribution is 7.91. The van der Waals surface area contributed by atoms with E-state index in [1.54, 1.807) is 11.6 Å². The van der Waals surface area contributed by atoms with E-state index in [4.69, 9.17) is 0 Å². The molecule has 0 aliphatic carbocycles. The Kier molecular flexibility index (Phi) is 4.91. The zero-order chi connectivity index (χ0) is 18.2. The zero-order valence-electron chi connectivity index (χ0n) is 13.8. The largest absolute Gasteiger partial charge is 0.478 e. The fourth-order valence-electron chi connectivity index (χ4n) is 2.91. The van der Waals surface area contributed by atoms with E-state index in [0.29, 0.717) is 37.4 Å². The molecular weight excluding hydrogens is 366 g/mol. The number of nitrogens with zero attached hydrogens (tertiary/aromatic N) is 3. The van der Waals surface area contributed by atoms with Gasteiger partial charge in [-0.25, -0.2) is 22.9 Å². The summed E-state index contributed by atoms with van der Waals surface area (Å²) in [6.07, 6.45) is 1.87. The van der Waals surface area contributed by atoms with Crippen molar-refractivity contribution in [1.29, 1.82) is 0 Å². The summed E-state index contributed by atoms with van der Waals surface area (Å²) in [4.78, 5) is 16.5. The minimum atomic E-state index is -4.00. The van der Waals surface area contributed by atoms with Gasteiger partial charge in [-0.1, -0.05) is 0 Å². The first-order chi connectivity index (χ1) is 11.8. The van der Waals surface area contributed by atoms with Crippen LogP contribution in [0.5, 0.6) is 0 Å². The predicted octanol–water partition coefficient (Wildman–Crippen LogP) is 0.743. The first kappa shape index (κ1) is 18.0. The number of carbonyl (C=O) groups is 1. The molecule has 0 bridgehead atoms. The number of thiophene rings is 1. The number of fused-ring (bicyclic) bond motifs is 1. The molecule has 1 aliphatic rings. The van der Waals surface area contributed by atoms with Gasteiger partial charge in [0.15, 0.2) is 0 Å². The summed E-state index contributed by atoms with van der Waals surface area (Å²) in [6, 6.07) is -0.633. The van der Waals surface area contributed by atoms with Gasteiger partial charge in [0.2, 0.25) is 0 Å². The molecule has 3 heterocycles. The lowest BCUT2D eigenvalue weighted by molar-refractivity contribution is 0.0692. The molecule has 25 heavy (non-hydrogen) atoms. The second-order valence-corrected chi connectivity index (χ2v) is 8.69. The number of rotatable bonds is 6. The zero-order valence-corrected chi connectivity index (χ0v) is 15.4. The van der Waals surface area contributed by atoms with Gasteiger partial charge in [-0.2, -0.15) is 9.82 Å². The predicted molar refractivity (Wildman–Crippen MR) is 91.1 cm³/mol. The molecule has 0 unspecified atom stereocenters. The van der Waals surface area contributed by atoms with Crippen LogP contribution in [0.4, 0.5) is 0 Å². The van der Waals surface area contributed by atoms with Gasteiger partial charge in [-0.3, -0.25) is 0 Å². The molecule has 0 saturated heterocycles. The fraction of sp³-hybridized carbons (Fsp3) is 0.500. The maximum atomic E-state index is 12.8. The summed E-state index contributed by atoms with van der Waals surface area (Å²) >= 11 is 1.01. The van der Waals surface area contributed by atoms with Crippen LogP contribution in [-0.2, 0) is 29.5 Å². The van der Waals surface area contributed by atoms with Crippen molar-refractivity contribution < 1.29 is 18.3 Å². The Bertz CT molecular complexity index is 902.